The maximum Gasteiger partial charge on any atom is 0.134 e. The van der Waals surface area contributed by atoms with E-state index in [1.165, 1.54) is 5.39 Å². The van der Waals surface area contributed by atoms with Gasteiger partial charge < -0.3 is 8.83 Å². The fourth-order valence-corrected chi connectivity index (χ4v) is 2.59. The molecule has 2 aromatic carbocycles. The summed E-state index contributed by atoms with van der Waals surface area (Å²) in [4.78, 5) is 0. The summed E-state index contributed by atoms with van der Waals surface area (Å²) >= 11 is 0. The number of hydrogen-bond acceptors (Lipinski definition) is 2. The number of rotatable bonds is 0. The minimum Gasteiger partial charge on any atom is -0.461 e. The molecule has 0 saturated heterocycles. The summed E-state index contributed by atoms with van der Waals surface area (Å²) in [5, 5.41) is 4.68. The predicted octanol–water partition coefficient (Wildman–Crippen LogP) is 4.95. The highest BCUT2D eigenvalue weighted by atomic mass is 16.3. The van der Waals surface area contributed by atoms with Crippen LogP contribution in [0.25, 0.3) is 32.7 Å². The van der Waals surface area contributed by atoms with Gasteiger partial charge in [0.05, 0.1) is 0 Å². The number of fused-ring (bicyclic) bond motifs is 3. The quantitative estimate of drug-likeness (QED) is 0.432. The zero-order valence-corrected chi connectivity index (χ0v) is 10.3. The first-order chi connectivity index (χ1) is 8.69. The van der Waals surface area contributed by atoms with E-state index in [9.17, 15) is 0 Å². The zero-order valence-electron chi connectivity index (χ0n) is 10.3. The summed E-state index contributed by atoms with van der Waals surface area (Å²) in [5.74, 6) is 1.89. The van der Waals surface area contributed by atoms with E-state index in [-0.39, 0.29) is 0 Å². The van der Waals surface area contributed by atoms with Crippen molar-refractivity contribution >= 4 is 32.7 Å². The fourth-order valence-electron chi connectivity index (χ4n) is 2.59. The molecule has 0 bridgehead atoms. The predicted molar refractivity (Wildman–Crippen MR) is 73.0 cm³/mol. The van der Waals surface area contributed by atoms with Crippen LogP contribution in [-0.2, 0) is 0 Å². The van der Waals surface area contributed by atoms with Gasteiger partial charge >= 0.3 is 0 Å². The van der Waals surface area contributed by atoms with E-state index in [1.54, 1.807) is 0 Å². The van der Waals surface area contributed by atoms with Gasteiger partial charge in [0.15, 0.2) is 0 Å². The summed E-state index contributed by atoms with van der Waals surface area (Å²) < 4.78 is 11.3. The van der Waals surface area contributed by atoms with E-state index >= 15 is 0 Å². The molecule has 0 aliphatic rings. The van der Waals surface area contributed by atoms with E-state index < -0.39 is 0 Å². The van der Waals surface area contributed by atoms with Crippen LogP contribution in [0.15, 0.2) is 45.2 Å². The van der Waals surface area contributed by atoms with Crippen molar-refractivity contribution < 1.29 is 8.83 Å². The lowest BCUT2D eigenvalue weighted by Gasteiger charge is -1.98. The zero-order chi connectivity index (χ0) is 12.3. The second-order valence-electron chi connectivity index (χ2n) is 4.84. The first kappa shape index (κ1) is 9.77. The van der Waals surface area contributed by atoms with E-state index in [1.807, 2.05) is 13.8 Å². The van der Waals surface area contributed by atoms with Crippen molar-refractivity contribution in [3.8, 4) is 0 Å². The summed E-state index contributed by atoms with van der Waals surface area (Å²) in [6.45, 7) is 3.94. The molecule has 2 aromatic heterocycles. The SMILES string of the molecule is Cc1cc2cc3cc4cc(C)oc4cc3cc2o1. The van der Waals surface area contributed by atoms with Gasteiger partial charge in [-0.2, -0.15) is 0 Å². The third kappa shape index (κ3) is 1.29. The van der Waals surface area contributed by atoms with E-state index in [0.717, 1.165) is 38.8 Å². The molecule has 2 heterocycles. The Morgan fingerprint density at radius 3 is 1.50 bits per heavy atom. The molecule has 0 saturated carbocycles. The highest BCUT2D eigenvalue weighted by Crippen LogP contribution is 2.30. The second kappa shape index (κ2) is 3.16. The Kier molecular flexibility index (Phi) is 1.72. The van der Waals surface area contributed by atoms with Crippen molar-refractivity contribution in [1.29, 1.82) is 0 Å². The minimum atomic E-state index is 0.933. The summed E-state index contributed by atoms with van der Waals surface area (Å²) in [6.07, 6.45) is 0. The highest BCUT2D eigenvalue weighted by molar-refractivity contribution is 6.02. The van der Waals surface area contributed by atoms with Crippen molar-refractivity contribution in [2.24, 2.45) is 0 Å². The maximum atomic E-state index is 5.66. The van der Waals surface area contributed by atoms with Gasteiger partial charge in [-0.1, -0.05) is 0 Å². The van der Waals surface area contributed by atoms with Crippen LogP contribution in [-0.4, -0.2) is 0 Å². The van der Waals surface area contributed by atoms with E-state index in [0.29, 0.717) is 0 Å². The van der Waals surface area contributed by atoms with Gasteiger partial charge in [0.1, 0.15) is 22.7 Å². The third-order valence-corrected chi connectivity index (χ3v) is 3.36. The number of aryl methyl sites for hydroxylation is 2. The molecular weight excluding hydrogens is 224 g/mol. The smallest absolute Gasteiger partial charge is 0.134 e. The van der Waals surface area contributed by atoms with Gasteiger partial charge in [0, 0.05) is 10.8 Å². The molecule has 2 heteroatoms. The van der Waals surface area contributed by atoms with Gasteiger partial charge in [-0.15, -0.1) is 0 Å². The lowest BCUT2D eigenvalue weighted by atomic mass is 10.1. The van der Waals surface area contributed by atoms with E-state index in [2.05, 4.69) is 36.4 Å². The Hall–Kier alpha value is -2.22. The number of furan rings is 2. The molecule has 4 aromatic rings. The van der Waals surface area contributed by atoms with Crippen molar-refractivity contribution in [1.82, 2.24) is 0 Å². The Balaban J connectivity index is 2.17. The lowest BCUT2D eigenvalue weighted by molar-refractivity contribution is 0.578. The molecule has 0 spiro atoms. The highest BCUT2D eigenvalue weighted by Gasteiger charge is 2.06. The van der Waals surface area contributed by atoms with Crippen molar-refractivity contribution in [3.63, 3.8) is 0 Å². The van der Waals surface area contributed by atoms with Crippen LogP contribution < -0.4 is 0 Å². The molecule has 0 amide bonds. The van der Waals surface area contributed by atoms with Gasteiger partial charge in [0.25, 0.3) is 0 Å². The topological polar surface area (TPSA) is 26.3 Å². The van der Waals surface area contributed by atoms with Crippen LogP contribution in [0.4, 0.5) is 0 Å². The largest absolute Gasteiger partial charge is 0.461 e. The van der Waals surface area contributed by atoms with Gasteiger partial charge in [0.2, 0.25) is 0 Å². The van der Waals surface area contributed by atoms with Gasteiger partial charge in [-0.05, 0) is 61.0 Å². The van der Waals surface area contributed by atoms with E-state index in [4.69, 9.17) is 8.83 Å². The minimum absolute atomic E-state index is 0.933. The first-order valence-electron chi connectivity index (χ1n) is 6.03. The lowest BCUT2D eigenvalue weighted by Crippen LogP contribution is -1.73. The molecule has 0 radical (unpaired) electrons. The van der Waals surface area contributed by atoms with Crippen molar-refractivity contribution in [2.45, 2.75) is 13.8 Å². The van der Waals surface area contributed by atoms with Gasteiger partial charge in [-0.3, -0.25) is 0 Å². The van der Waals surface area contributed by atoms with Crippen LogP contribution in [0.5, 0.6) is 0 Å². The molecule has 4 rings (SSSR count). The summed E-state index contributed by atoms with van der Waals surface area (Å²) in [5.41, 5.74) is 1.87. The Morgan fingerprint density at radius 1 is 0.556 bits per heavy atom. The molecule has 18 heavy (non-hydrogen) atoms. The monoisotopic (exact) mass is 236 g/mol. The Labute approximate surface area is 104 Å². The molecular formula is C16H12O2. The first-order valence-corrected chi connectivity index (χ1v) is 6.03. The maximum absolute atomic E-state index is 5.66. The molecule has 0 fully saturated rings. The Morgan fingerprint density at radius 2 is 1.00 bits per heavy atom. The van der Waals surface area contributed by atoms with Crippen molar-refractivity contribution in [2.75, 3.05) is 0 Å². The molecule has 0 aliphatic heterocycles. The third-order valence-electron chi connectivity index (χ3n) is 3.36. The molecule has 0 aliphatic carbocycles. The van der Waals surface area contributed by atoms with Gasteiger partial charge in [-0.25, -0.2) is 0 Å². The molecule has 0 N–H and O–H groups in total. The molecule has 0 unspecified atom stereocenters. The molecule has 0 atom stereocenters. The number of hydrogen-bond donors (Lipinski definition) is 0. The fraction of sp³-hybridized carbons (Fsp3) is 0.125. The number of benzene rings is 2. The Bertz CT molecular complexity index is 752. The van der Waals surface area contributed by atoms with Crippen LogP contribution in [0.3, 0.4) is 0 Å². The molecule has 88 valence electrons. The molecule has 2 nitrogen and oxygen atoms in total. The summed E-state index contributed by atoms with van der Waals surface area (Å²) in [6, 6.07) is 12.6. The standard InChI is InChI=1S/C16H12O2/c1-9-3-13-5-11-6-14-4-10(2)18-16(14)8-12(11)7-15(13)17-9/h3-8H,1-2H3. The van der Waals surface area contributed by atoms with Crippen molar-refractivity contribution in [3.05, 3.63) is 47.9 Å². The second-order valence-corrected chi connectivity index (χ2v) is 4.84. The average molecular weight is 236 g/mol. The van der Waals surface area contributed by atoms with Crippen LogP contribution in [0, 0.1) is 13.8 Å². The van der Waals surface area contributed by atoms with Crippen LogP contribution in [0.1, 0.15) is 11.5 Å². The average Bonchev–Trinajstić information content (AvgIpc) is 2.82. The van der Waals surface area contributed by atoms with Crippen LogP contribution in [0.2, 0.25) is 0 Å². The summed E-state index contributed by atoms with van der Waals surface area (Å²) in [7, 11) is 0. The van der Waals surface area contributed by atoms with Crippen LogP contribution >= 0.6 is 0 Å². The normalized spacial score (nSPS) is 11.9.